The van der Waals surface area contributed by atoms with Gasteiger partial charge in [-0.15, -0.1) is 0 Å². The van der Waals surface area contributed by atoms with Crippen LogP contribution in [0.5, 0.6) is 0 Å². The third-order valence-corrected chi connectivity index (χ3v) is 4.44. The van der Waals surface area contributed by atoms with Gasteiger partial charge >= 0.3 is 5.97 Å². The largest absolute Gasteiger partial charge is 0.481 e. The van der Waals surface area contributed by atoms with Crippen LogP contribution in [0.15, 0.2) is 6.07 Å². The van der Waals surface area contributed by atoms with Crippen LogP contribution in [0.25, 0.3) is 0 Å². The molecule has 1 aromatic heterocycles. The van der Waals surface area contributed by atoms with Crippen molar-refractivity contribution in [3.8, 4) is 6.07 Å². The van der Waals surface area contributed by atoms with Crippen molar-refractivity contribution in [2.24, 2.45) is 5.41 Å². The summed E-state index contributed by atoms with van der Waals surface area (Å²) in [6, 6.07) is 4.10. The van der Waals surface area contributed by atoms with Gasteiger partial charge in [0, 0.05) is 18.8 Å². The zero-order valence-electron chi connectivity index (χ0n) is 12.8. The number of nitriles is 1. The molecule has 1 aromatic rings. The Kier molecular flexibility index (Phi) is 4.17. The molecule has 21 heavy (non-hydrogen) atoms. The standard InChI is InChI=1S/C16H21N3O2/c1-4-16(15(20)21)6-5-7-19(10-16)14-13(9-17)11(2)8-12(3)18-14/h8H,4-7,10H2,1-3H3,(H,20,21). The highest BCUT2D eigenvalue weighted by molar-refractivity contribution is 5.76. The topological polar surface area (TPSA) is 77.2 Å². The van der Waals surface area contributed by atoms with Crippen LogP contribution in [-0.2, 0) is 4.79 Å². The minimum atomic E-state index is -0.752. The number of nitrogens with zero attached hydrogens (tertiary/aromatic N) is 3. The van der Waals surface area contributed by atoms with E-state index in [1.165, 1.54) is 0 Å². The number of carbonyl (C=O) groups is 1. The first-order valence-electron chi connectivity index (χ1n) is 7.30. The maximum atomic E-state index is 11.7. The lowest BCUT2D eigenvalue weighted by Gasteiger charge is -2.40. The Labute approximate surface area is 125 Å². The molecule has 1 aliphatic heterocycles. The third-order valence-electron chi connectivity index (χ3n) is 4.44. The second kappa shape index (κ2) is 5.72. The molecule has 0 spiro atoms. The molecule has 0 bridgehead atoms. The number of pyridine rings is 1. The molecule has 5 nitrogen and oxygen atoms in total. The maximum Gasteiger partial charge on any atom is 0.311 e. The lowest BCUT2D eigenvalue weighted by molar-refractivity contribution is -0.149. The summed E-state index contributed by atoms with van der Waals surface area (Å²) in [7, 11) is 0. The highest BCUT2D eigenvalue weighted by atomic mass is 16.4. The molecule has 1 saturated heterocycles. The summed E-state index contributed by atoms with van der Waals surface area (Å²) in [5.41, 5.74) is 1.56. The van der Waals surface area contributed by atoms with Gasteiger partial charge in [0.25, 0.3) is 0 Å². The van der Waals surface area contributed by atoms with E-state index < -0.39 is 11.4 Å². The second-order valence-corrected chi connectivity index (χ2v) is 5.86. The average molecular weight is 287 g/mol. The van der Waals surface area contributed by atoms with Crippen LogP contribution < -0.4 is 4.90 Å². The Bertz CT molecular complexity index is 606. The Morgan fingerprint density at radius 3 is 2.86 bits per heavy atom. The van der Waals surface area contributed by atoms with Crippen molar-refractivity contribution >= 4 is 11.8 Å². The van der Waals surface area contributed by atoms with E-state index in [4.69, 9.17) is 0 Å². The van der Waals surface area contributed by atoms with E-state index in [9.17, 15) is 15.2 Å². The number of piperidine rings is 1. The molecule has 5 heteroatoms. The molecular weight excluding hydrogens is 266 g/mol. The number of rotatable bonds is 3. The van der Waals surface area contributed by atoms with Gasteiger partial charge in [-0.25, -0.2) is 4.98 Å². The summed E-state index contributed by atoms with van der Waals surface area (Å²) >= 11 is 0. The smallest absolute Gasteiger partial charge is 0.311 e. The highest BCUT2D eigenvalue weighted by Gasteiger charge is 2.41. The molecular formula is C16H21N3O2. The predicted molar refractivity (Wildman–Crippen MR) is 80.2 cm³/mol. The van der Waals surface area contributed by atoms with Crippen LogP contribution >= 0.6 is 0 Å². The zero-order valence-corrected chi connectivity index (χ0v) is 12.8. The van der Waals surface area contributed by atoms with Crippen LogP contribution in [0.3, 0.4) is 0 Å². The fraction of sp³-hybridized carbons (Fsp3) is 0.562. The van der Waals surface area contributed by atoms with Gasteiger partial charge in [-0.1, -0.05) is 6.92 Å². The van der Waals surface area contributed by atoms with Gasteiger partial charge in [0.1, 0.15) is 11.9 Å². The summed E-state index contributed by atoms with van der Waals surface area (Å²) in [5, 5.41) is 19.0. The van der Waals surface area contributed by atoms with Crippen LogP contribution in [0.1, 0.15) is 43.0 Å². The van der Waals surface area contributed by atoms with Gasteiger partial charge in [0.05, 0.1) is 11.0 Å². The van der Waals surface area contributed by atoms with Gasteiger partial charge in [-0.3, -0.25) is 4.79 Å². The summed E-state index contributed by atoms with van der Waals surface area (Å²) in [6.07, 6.45) is 2.08. The average Bonchev–Trinajstić information content (AvgIpc) is 2.46. The normalized spacial score (nSPS) is 21.9. The zero-order chi connectivity index (χ0) is 15.6. The first-order valence-corrected chi connectivity index (χ1v) is 7.30. The fourth-order valence-corrected chi connectivity index (χ4v) is 3.11. The van der Waals surface area contributed by atoms with Gasteiger partial charge in [0.15, 0.2) is 0 Å². The van der Waals surface area contributed by atoms with Crippen molar-refractivity contribution in [3.63, 3.8) is 0 Å². The number of anilines is 1. The molecule has 1 N–H and O–H groups in total. The molecule has 0 aliphatic carbocycles. The van der Waals surface area contributed by atoms with Crippen molar-refractivity contribution in [2.45, 2.75) is 40.0 Å². The van der Waals surface area contributed by atoms with Crippen LogP contribution in [-0.4, -0.2) is 29.1 Å². The SMILES string of the molecule is CCC1(C(=O)O)CCCN(c2nc(C)cc(C)c2C#N)C1. The molecule has 2 rings (SSSR count). The number of aliphatic carboxylic acids is 1. The molecule has 1 aliphatic rings. The molecule has 1 unspecified atom stereocenters. The van der Waals surface area contributed by atoms with E-state index in [1.54, 1.807) is 0 Å². The van der Waals surface area contributed by atoms with Crippen molar-refractivity contribution in [1.82, 2.24) is 4.98 Å². The van der Waals surface area contributed by atoms with Gasteiger partial charge in [0.2, 0.25) is 0 Å². The minimum Gasteiger partial charge on any atom is -0.481 e. The van der Waals surface area contributed by atoms with Crippen molar-refractivity contribution in [1.29, 1.82) is 5.26 Å². The number of aromatic nitrogens is 1. The summed E-state index contributed by atoms with van der Waals surface area (Å²) in [6.45, 7) is 6.87. The molecule has 0 aromatic carbocycles. The minimum absolute atomic E-state index is 0.420. The van der Waals surface area contributed by atoms with Crippen molar-refractivity contribution < 1.29 is 9.90 Å². The van der Waals surface area contributed by atoms with E-state index >= 15 is 0 Å². The van der Waals surface area contributed by atoms with E-state index in [0.717, 1.165) is 24.2 Å². The summed E-state index contributed by atoms with van der Waals surface area (Å²) in [5.74, 6) is -0.119. The van der Waals surface area contributed by atoms with E-state index in [2.05, 4.69) is 11.1 Å². The van der Waals surface area contributed by atoms with E-state index in [0.29, 0.717) is 30.8 Å². The van der Waals surface area contributed by atoms with Crippen LogP contribution in [0.2, 0.25) is 0 Å². The van der Waals surface area contributed by atoms with Crippen molar-refractivity contribution in [3.05, 3.63) is 22.9 Å². The molecule has 2 heterocycles. The Balaban J connectivity index is 2.43. The molecule has 0 saturated carbocycles. The fourth-order valence-electron chi connectivity index (χ4n) is 3.11. The number of aryl methyl sites for hydroxylation is 2. The lowest BCUT2D eigenvalue weighted by atomic mass is 9.77. The number of carboxylic acids is 1. The Hall–Kier alpha value is -2.09. The highest BCUT2D eigenvalue weighted by Crippen LogP contribution is 2.36. The second-order valence-electron chi connectivity index (χ2n) is 5.86. The summed E-state index contributed by atoms with van der Waals surface area (Å²) in [4.78, 5) is 18.1. The molecule has 0 radical (unpaired) electrons. The quantitative estimate of drug-likeness (QED) is 0.924. The number of hydrogen-bond donors (Lipinski definition) is 1. The van der Waals surface area contributed by atoms with Gasteiger partial charge < -0.3 is 10.0 Å². The van der Waals surface area contributed by atoms with Gasteiger partial charge in [-0.2, -0.15) is 5.26 Å². The van der Waals surface area contributed by atoms with E-state index in [-0.39, 0.29) is 0 Å². The third kappa shape index (κ3) is 2.71. The van der Waals surface area contributed by atoms with E-state index in [1.807, 2.05) is 31.7 Å². The molecule has 112 valence electrons. The predicted octanol–water partition coefficient (Wildman–Crippen LogP) is 2.65. The lowest BCUT2D eigenvalue weighted by Crippen LogP contribution is -2.48. The Morgan fingerprint density at radius 2 is 2.29 bits per heavy atom. The maximum absolute atomic E-state index is 11.7. The number of hydrogen-bond acceptors (Lipinski definition) is 4. The van der Waals surface area contributed by atoms with Crippen LogP contribution in [0.4, 0.5) is 5.82 Å². The first kappa shape index (κ1) is 15.3. The number of carboxylic acid groups (broad SMARTS) is 1. The first-order chi connectivity index (χ1) is 9.93. The monoisotopic (exact) mass is 287 g/mol. The molecule has 0 amide bonds. The van der Waals surface area contributed by atoms with Gasteiger partial charge in [-0.05, 0) is 44.7 Å². The Morgan fingerprint density at radius 1 is 1.57 bits per heavy atom. The molecule has 1 atom stereocenters. The summed E-state index contributed by atoms with van der Waals surface area (Å²) < 4.78 is 0. The molecule has 1 fully saturated rings. The van der Waals surface area contributed by atoms with Crippen molar-refractivity contribution in [2.75, 3.05) is 18.0 Å². The van der Waals surface area contributed by atoms with Crippen LogP contribution in [0, 0.1) is 30.6 Å².